The van der Waals surface area contributed by atoms with Gasteiger partial charge in [0.15, 0.2) is 0 Å². The first kappa shape index (κ1) is 20.8. The Hall–Kier alpha value is -4.03. The van der Waals surface area contributed by atoms with E-state index in [0.717, 1.165) is 38.6 Å². The standard InChI is InChI=1S/C27H20N4OS/c32-24(18-33-25-13-7-8-16-28-25)29-21-14-15-22-23(17-21)31-27(20-11-5-2-6-12-20)26(30-22)19-9-3-1-4-10-19/h1-17H,18H2,(H,29,32). The normalized spacial score (nSPS) is 10.8. The molecule has 5 nitrogen and oxygen atoms in total. The average Bonchev–Trinajstić information content (AvgIpc) is 2.88. The van der Waals surface area contributed by atoms with Gasteiger partial charge in [0.1, 0.15) is 0 Å². The minimum Gasteiger partial charge on any atom is -0.325 e. The van der Waals surface area contributed by atoms with Crippen LogP contribution in [0, 0.1) is 0 Å². The molecule has 6 heteroatoms. The third kappa shape index (κ3) is 4.91. The molecule has 0 bridgehead atoms. The Morgan fingerprint density at radius 1 is 0.727 bits per heavy atom. The van der Waals surface area contributed by atoms with Crippen molar-refractivity contribution in [3.05, 3.63) is 103 Å². The lowest BCUT2D eigenvalue weighted by molar-refractivity contribution is -0.113. The summed E-state index contributed by atoms with van der Waals surface area (Å²) in [4.78, 5) is 26.6. The SMILES string of the molecule is O=C(CSc1ccccn1)Nc1ccc2nc(-c3ccccc3)c(-c3ccccc3)nc2c1. The van der Waals surface area contributed by atoms with Crippen LogP contribution in [0.1, 0.15) is 0 Å². The van der Waals surface area contributed by atoms with Gasteiger partial charge in [0.2, 0.25) is 5.91 Å². The van der Waals surface area contributed by atoms with E-state index in [1.807, 2.05) is 97.1 Å². The number of rotatable bonds is 6. The number of carbonyl (C=O) groups excluding carboxylic acids is 1. The molecule has 5 aromatic rings. The number of fused-ring (bicyclic) bond motifs is 1. The highest BCUT2D eigenvalue weighted by Crippen LogP contribution is 2.31. The van der Waals surface area contributed by atoms with Crippen molar-refractivity contribution >= 4 is 34.4 Å². The van der Waals surface area contributed by atoms with Crippen LogP contribution in [0.5, 0.6) is 0 Å². The first-order chi connectivity index (χ1) is 16.3. The second-order valence-electron chi connectivity index (χ2n) is 7.36. The molecule has 0 fully saturated rings. The van der Waals surface area contributed by atoms with Gasteiger partial charge in [-0.15, -0.1) is 0 Å². The van der Waals surface area contributed by atoms with E-state index in [4.69, 9.17) is 9.97 Å². The molecule has 1 amide bonds. The third-order valence-corrected chi connectivity index (χ3v) is 5.98. The van der Waals surface area contributed by atoms with Crippen molar-refractivity contribution in [2.24, 2.45) is 0 Å². The van der Waals surface area contributed by atoms with Crippen molar-refractivity contribution in [1.82, 2.24) is 15.0 Å². The van der Waals surface area contributed by atoms with Crippen molar-refractivity contribution in [1.29, 1.82) is 0 Å². The second kappa shape index (κ2) is 9.63. The zero-order valence-corrected chi connectivity index (χ0v) is 18.5. The Morgan fingerprint density at radius 2 is 1.36 bits per heavy atom. The summed E-state index contributed by atoms with van der Waals surface area (Å²) in [6, 6.07) is 31.4. The van der Waals surface area contributed by atoms with Gasteiger partial charge < -0.3 is 5.32 Å². The summed E-state index contributed by atoms with van der Waals surface area (Å²) in [5.74, 6) is 0.185. The van der Waals surface area contributed by atoms with Crippen LogP contribution < -0.4 is 5.32 Å². The van der Waals surface area contributed by atoms with Crippen LogP contribution in [0.4, 0.5) is 5.69 Å². The van der Waals surface area contributed by atoms with Crippen LogP contribution in [-0.4, -0.2) is 26.6 Å². The van der Waals surface area contributed by atoms with E-state index in [1.165, 1.54) is 11.8 Å². The average molecular weight is 449 g/mol. The van der Waals surface area contributed by atoms with Gasteiger partial charge in [-0.2, -0.15) is 0 Å². The van der Waals surface area contributed by atoms with E-state index < -0.39 is 0 Å². The predicted molar refractivity (Wildman–Crippen MR) is 134 cm³/mol. The first-order valence-corrected chi connectivity index (χ1v) is 11.5. The molecule has 0 unspecified atom stereocenters. The van der Waals surface area contributed by atoms with E-state index in [-0.39, 0.29) is 11.7 Å². The second-order valence-corrected chi connectivity index (χ2v) is 8.36. The van der Waals surface area contributed by atoms with Gasteiger partial charge in [0.25, 0.3) is 0 Å². The fourth-order valence-electron chi connectivity index (χ4n) is 3.50. The zero-order chi connectivity index (χ0) is 22.5. The highest BCUT2D eigenvalue weighted by molar-refractivity contribution is 7.99. The third-order valence-electron chi connectivity index (χ3n) is 5.03. The van der Waals surface area contributed by atoms with Crippen LogP contribution >= 0.6 is 11.8 Å². The summed E-state index contributed by atoms with van der Waals surface area (Å²) < 4.78 is 0. The van der Waals surface area contributed by atoms with Gasteiger partial charge in [0.05, 0.1) is 33.2 Å². The Bertz CT molecular complexity index is 1390. The summed E-state index contributed by atoms with van der Waals surface area (Å²) in [7, 11) is 0. The molecule has 3 aromatic carbocycles. The molecule has 0 radical (unpaired) electrons. The minimum absolute atomic E-state index is 0.0952. The van der Waals surface area contributed by atoms with Crippen LogP contribution in [0.3, 0.4) is 0 Å². The van der Waals surface area contributed by atoms with Crippen molar-refractivity contribution in [2.75, 3.05) is 11.1 Å². The summed E-state index contributed by atoms with van der Waals surface area (Å²) in [5, 5.41) is 3.77. The molecular weight excluding hydrogens is 428 g/mol. The Kier molecular flexibility index (Phi) is 6.08. The minimum atomic E-state index is -0.0952. The van der Waals surface area contributed by atoms with Crippen LogP contribution in [0.2, 0.25) is 0 Å². The topological polar surface area (TPSA) is 67.8 Å². The number of thioether (sulfide) groups is 1. The zero-order valence-electron chi connectivity index (χ0n) is 17.7. The number of hydrogen-bond donors (Lipinski definition) is 1. The largest absolute Gasteiger partial charge is 0.325 e. The van der Waals surface area contributed by atoms with Gasteiger partial charge in [-0.1, -0.05) is 78.5 Å². The summed E-state index contributed by atoms with van der Waals surface area (Å²) in [6.45, 7) is 0. The van der Waals surface area contributed by atoms with Crippen LogP contribution in [0.25, 0.3) is 33.5 Å². The highest BCUT2D eigenvalue weighted by atomic mass is 32.2. The lowest BCUT2D eigenvalue weighted by Gasteiger charge is -2.12. The number of pyridine rings is 1. The van der Waals surface area contributed by atoms with Gasteiger partial charge in [-0.3, -0.25) is 4.79 Å². The number of nitrogens with one attached hydrogen (secondary N) is 1. The molecule has 0 aliphatic heterocycles. The fraction of sp³-hybridized carbons (Fsp3) is 0.0370. The maximum Gasteiger partial charge on any atom is 0.234 e. The molecule has 2 aromatic heterocycles. The lowest BCUT2D eigenvalue weighted by atomic mass is 10.0. The van der Waals surface area contributed by atoms with Crippen LogP contribution in [0.15, 0.2) is 108 Å². The van der Waals surface area contributed by atoms with E-state index in [0.29, 0.717) is 5.69 Å². The van der Waals surface area contributed by atoms with Gasteiger partial charge in [-0.05, 0) is 30.3 Å². The number of carbonyl (C=O) groups is 1. The Morgan fingerprint density at radius 3 is 2.00 bits per heavy atom. The predicted octanol–water partition coefficient (Wildman–Crippen LogP) is 6.09. The quantitative estimate of drug-likeness (QED) is 0.318. The van der Waals surface area contributed by atoms with Crippen molar-refractivity contribution in [3.8, 4) is 22.5 Å². The maximum atomic E-state index is 12.5. The van der Waals surface area contributed by atoms with Crippen molar-refractivity contribution in [3.63, 3.8) is 0 Å². The van der Waals surface area contributed by atoms with Gasteiger partial charge >= 0.3 is 0 Å². The molecule has 0 saturated carbocycles. The fourth-order valence-corrected chi connectivity index (χ4v) is 4.16. The highest BCUT2D eigenvalue weighted by Gasteiger charge is 2.14. The lowest BCUT2D eigenvalue weighted by Crippen LogP contribution is -2.14. The molecule has 0 aliphatic carbocycles. The van der Waals surface area contributed by atoms with Gasteiger partial charge in [0, 0.05) is 23.0 Å². The molecule has 0 aliphatic rings. The number of nitrogens with zero attached hydrogens (tertiary/aromatic N) is 3. The van der Waals surface area contributed by atoms with E-state index in [1.54, 1.807) is 6.20 Å². The number of hydrogen-bond acceptors (Lipinski definition) is 5. The van der Waals surface area contributed by atoms with Crippen molar-refractivity contribution < 1.29 is 4.79 Å². The number of aromatic nitrogens is 3. The first-order valence-electron chi connectivity index (χ1n) is 10.5. The molecule has 2 heterocycles. The Balaban J connectivity index is 1.46. The molecule has 0 atom stereocenters. The molecule has 160 valence electrons. The number of benzene rings is 3. The molecular formula is C27H20N4OS. The van der Waals surface area contributed by atoms with E-state index in [9.17, 15) is 4.79 Å². The van der Waals surface area contributed by atoms with E-state index in [2.05, 4.69) is 10.3 Å². The maximum absolute atomic E-state index is 12.5. The number of amides is 1. The van der Waals surface area contributed by atoms with Crippen LogP contribution in [-0.2, 0) is 4.79 Å². The van der Waals surface area contributed by atoms with E-state index >= 15 is 0 Å². The van der Waals surface area contributed by atoms with Gasteiger partial charge in [-0.25, -0.2) is 15.0 Å². The summed E-state index contributed by atoms with van der Waals surface area (Å²) in [6.07, 6.45) is 1.72. The monoisotopic (exact) mass is 448 g/mol. The molecule has 0 saturated heterocycles. The Labute approximate surface area is 196 Å². The molecule has 5 rings (SSSR count). The molecule has 1 N–H and O–H groups in total. The summed E-state index contributed by atoms with van der Waals surface area (Å²) in [5.41, 5.74) is 5.83. The molecule has 0 spiro atoms. The van der Waals surface area contributed by atoms with Crippen molar-refractivity contribution in [2.45, 2.75) is 5.03 Å². The summed E-state index contributed by atoms with van der Waals surface area (Å²) >= 11 is 1.40. The number of anilines is 1. The molecule has 33 heavy (non-hydrogen) atoms. The smallest absolute Gasteiger partial charge is 0.234 e.